The van der Waals surface area contributed by atoms with E-state index in [2.05, 4.69) is 23.2 Å². The van der Waals surface area contributed by atoms with Crippen molar-refractivity contribution >= 4 is 6.02 Å². The van der Waals surface area contributed by atoms with E-state index >= 15 is 0 Å². The molecular formula is C16H16N2O2. The van der Waals surface area contributed by atoms with Crippen LogP contribution in [-0.4, -0.2) is 18.2 Å². The number of rotatable bonds is 1. The molecule has 4 nitrogen and oxygen atoms in total. The van der Waals surface area contributed by atoms with Gasteiger partial charge in [-0.25, -0.2) is 4.99 Å². The van der Waals surface area contributed by atoms with Crippen molar-refractivity contribution in [3.05, 3.63) is 47.9 Å². The van der Waals surface area contributed by atoms with Gasteiger partial charge in [-0.1, -0.05) is 18.2 Å². The molecular weight excluding hydrogens is 252 g/mol. The summed E-state index contributed by atoms with van der Waals surface area (Å²) < 4.78 is 10.6. The second kappa shape index (κ2) is 4.13. The molecule has 0 saturated heterocycles. The Morgan fingerprint density at radius 2 is 2.20 bits per heavy atom. The first-order valence-corrected chi connectivity index (χ1v) is 6.87. The molecule has 2 aliphatic rings. The highest BCUT2D eigenvalue weighted by Gasteiger charge is 2.39. The highest BCUT2D eigenvalue weighted by Crippen LogP contribution is 2.38. The minimum atomic E-state index is -0.147. The van der Waals surface area contributed by atoms with Crippen LogP contribution in [0.4, 0.5) is 0 Å². The fourth-order valence-electron chi connectivity index (χ4n) is 3.31. The van der Waals surface area contributed by atoms with Crippen molar-refractivity contribution in [2.45, 2.75) is 24.8 Å². The standard InChI is InChI=1S/C16H16N2O2/c17-15-18-16(10-20-15)6-4-14-11(8-16)2-1-3-13(14)12-5-7-19-9-12/h1-3,5,7,9H,4,6,8,10H2,(H2,17,18)/t16-/m1/s1. The van der Waals surface area contributed by atoms with E-state index in [0.29, 0.717) is 12.6 Å². The molecule has 0 saturated carbocycles. The van der Waals surface area contributed by atoms with Gasteiger partial charge in [-0.05, 0) is 35.6 Å². The summed E-state index contributed by atoms with van der Waals surface area (Å²) in [6.07, 6.45) is 6.39. The topological polar surface area (TPSA) is 60.8 Å². The molecule has 1 aliphatic heterocycles. The molecule has 4 rings (SSSR count). The van der Waals surface area contributed by atoms with Crippen molar-refractivity contribution in [2.24, 2.45) is 10.7 Å². The summed E-state index contributed by atoms with van der Waals surface area (Å²) in [6.45, 7) is 0.605. The Hall–Kier alpha value is -2.23. The van der Waals surface area contributed by atoms with Gasteiger partial charge in [0.15, 0.2) is 0 Å². The van der Waals surface area contributed by atoms with Crippen LogP contribution in [0.15, 0.2) is 46.2 Å². The molecule has 2 N–H and O–H groups in total. The fourth-order valence-corrected chi connectivity index (χ4v) is 3.31. The molecule has 1 aromatic heterocycles. The zero-order valence-electron chi connectivity index (χ0n) is 11.1. The maximum atomic E-state index is 5.68. The highest BCUT2D eigenvalue weighted by atomic mass is 16.5. The number of nitrogens with zero attached hydrogens (tertiary/aromatic N) is 1. The molecule has 1 spiro atoms. The quantitative estimate of drug-likeness (QED) is 0.864. The zero-order valence-corrected chi connectivity index (χ0v) is 11.1. The first-order chi connectivity index (χ1) is 9.76. The van der Waals surface area contributed by atoms with Gasteiger partial charge < -0.3 is 14.9 Å². The summed E-state index contributed by atoms with van der Waals surface area (Å²) in [5.41, 5.74) is 10.7. The summed E-state index contributed by atoms with van der Waals surface area (Å²) in [4.78, 5) is 4.52. The molecule has 4 heteroatoms. The van der Waals surface area contributed by atoms with Gasteiger partial charge >= 0.3 is 0 Å². The summed E-state index contributed by atoms with van der Waals surface area (Å²) in [7, 11) is 0. The average Bonchev–Trinajstić information content (AvgIpc) is 3.09. The van der Waals surface area contributed by atoms with Gasteiger partial charge in [0, 0.05) is 12.0 Å². The van der Waals surface area contributed by atoms with E-state index in [4.69, 9.17) is 14.9 Å². The van der Waals surface area contributed by atoms with E-state index in [1.807, 2.05) is 6.07 Å². The molecule has 1 aliphatic carbocycles. The Balaban J connectivity index is 1.76. The van der Waals surface area contributed by atoms with Crippen molar-refractivity contribution in [3.8, 4) is 11.1 Å². The van der Waals surface area contributed by atoms with Crippen LogP contribution in [0, 0.1) is 0 Å². The van der Waals surface area contributed by atoms with Crippen LogP contribution in [-0.2, 0) is 17.6 Å². The monoisotopic (exact) mass is 268 g/mol. The Morgan fingerprint density at radius 3 is 2.95 bits per heavy atom. The maximum Gasteiger partial charge on any atom is 0.282 e. The molecule has 2 heterocycles. The first kappa shape index (κ1) is 11.6. The fraction of sp³-hybridized carbons (Fsp3) is 0.312. The van der Waals surface area contributed by atoms with Crippen molar-refractivity contribution in [1.82, 2.24) is 0 Å². The summed E-state index contributed by atoms with van der Waals surface area (Å²) in [6, 6.07) is 8.78. The zero-order chi connectivity index (χ0) is 13.6. The first-order valence-electron chi connectivity index (χ1n) is 6.87. The van der Waals surface area contributed by atoms with E-state index in [1.165, 1.54) is 16.7 Å². The number of hydrogen-bond acceptors (Lipinski definition) is 4. The smallest absolute Gasteiger partial charge is 0.282 e. The van der Waals surface area contributed by atoms with Gasteiger partial charge in [0.05, 0.1) is 12.5 Å². The Kier molecular flexibility index (Phi) is 2.39. The molecule has 20 heavy (non-hydrogen) atoms. The van der Waals surface area contributed by atoms with Crippen molar-refractivity contribution in [2.75, 3.05) is 6.61 Å². The number of hydrogen-bond donors (Lipinski definition) is 1. The van der Waals surface area contributed by atoms with Crippen LogP contribution in [0.5, 0.6) is 0 Å². The van der Waals surface area contributed by atoms with E-state index in [-0.39, 0.29) is 5.54 Å². The van der Waals surface area contributed by atoms with Gasteiger partial charge in [0.25, 0.3) is 6.02 Å². The second-order valence-corrected chi connectivity index (χ2v) is 5.60. The van der Waals surface area contributed by atoms with Crippen LogP contribution >= 0.6 is 0 Å². The van der Waals surface area contributed by atoms with Gasteiger partial charge in [-0.3, -0.25) is 0 Å². The number of amidine groups is 1. The summed E-state index contributed by atoms with van der Waals surface area (Å²) in [5, 5.41) is 0. The highest BCUT2D eigenvalue weighted by molar-refractivity contribution is 5.74. The van der Waals surface area contributed by atoms with Crippen LogP contribution < -0.4 is 5.73 Å². The molecule has 1 aromatic carbocycles. The second-order valence-electron chi connectivity index (χ2n) is 5.60. The third-order valence-corrected chi connectivity index (χ3v) is 4.30. The van der Waals surface area contributed by atoms with E-state index in [0.717, 1.165) is 24.8 Å². The molecule has 0 bridgehead atoms. The van der Waals surface area contributed by atoms with Gasteiger partial charge in [0.2, 0.25) is 0 Å². The van der Waals surface area contributed by atoms with Crippen LogP contribution in [0.2, 0.25) is 0 Å². The number of ether oxygens (including phenoxy) is 1. The molecule has 0 fully saturated rings. The average molecular weight is 268 g/mol. The Bertz CT molecular complexity index is 676. The van der Waals surface area contributed by atoms with Gasteiger partial charge in [-0.15, -0.1) is 0 Å². The molecule has 0 amide bonds. The number of furan rings is 1. The SMILES string of the molecule is NC1=N[C@@]2(CCc3c(cccc3-c3ccoc3)C2)CO1. The minimum Gasteiger partial charge on any atom is -0.472 e. The third kappa shape index (κ3) is 1.72. The van der Waals surface area contributed by atoms with Crippen LogP contribution in [0.3, 0.4) is 0 Å². The predicted octanol–water partition coefficient (Wildman–Crippen LogP) is 2.52. The van der Waals surface area contributed by atoms with Crippen molar-refractivity contribution in [3.63, 3.8) is 0 Å². The Morgan fingerprint density at radius 1 is 1.25 bits per heavy atom. The van der Waals surface area contributed by atoms with Crippen LogP contribution in [0.25, 0.3) is 11.1 Å². The maximum absolute atomic E-state index is 5.68. The molecule has 0 radical (unpaired) electrons. The lowest BCUT2D eigenvalue weighted by Gasteiger charge is -2.31. The van der Waals surface area contributed by atoms with E-state index in [1.54, 1.807) is 12.5 Å². The normalized spacial score (nSPS) is 24.3. The van der Waals surface area contributed by atoms with Crippen molar-refractivity contribution < 1.29 is 9.15 Å². The number of aliphatic imine (C=N–C) groups is 1. The summed E-state index contributed by atoms with van der Waals surface area (Å²) in [5.74, 6) is 0. The lowest BCUT2D eigenvalue weighted by molar-refractivity contribution is 0.235. The molecule has 2 aromatic rings. The minimum absolute atomic E-state index is 0.147. The number of benzene rings is 1. The molecule has 102 valence electrons. The van der Waals surface area contributed by atoms with E-state index in [9.17, 15) is 0 Å². The lowest BCUT2D eigenvalue weighted by atomic mass is 9.77. The van der Waals surface area contributed by atoms with E-state index < -0.39 is 0 Å². The largest absolute Gasteiger partial charge is 0.472 e. The number of fused-ring (bicyclic) bond motifs is 1. The van der Waals surface area contributed by atoms with Crippen LogP contribution in [0.1, 0.15) is 17.5 Å². The van der Waals surface area contributed by atoms with Crippen molar-refractivity contribution in [1.29, 1.82) is 0 Å². The summed E-state index contributed by atoms with van der Waals surface area (Å²) >= 11 is 0. The molecule has 1 atom stereocenters. The Labute approximate surface area is 117 Å². The van der Waals surface area contributed by atoms with Gasteiger partial charge in [0.1, 0.15) is 12.1 Å². The molecule has 0 unspecified atom stereocenters. The third-order valence-electron chi connectivity index (χ3n) is 4.30. The van der Waals surface area contributed by atoms with Gasteiger partial charge in [-0.2, -0.15) is 0 Å². The predicted molar refractivity (Wildman–Crippen MR) is 76.5 cm³/mol. The number of nitrogens with two attached hydrogens (primary N) is 1. The lowest BCUT2D eigenvalue weighted by Crippen LogP contribution is -2.35.